The van der Waals surface area contributed by atoms with Crippen molar-refractivity contribution >= 4 is 23.6 Å². The Morgan fingerprint density at radius 3 is 2.66 bits per heavy atom. The number of benzene rings is 2. The molecule has 1 atom stereocenters. The van der Waals surface area contributed by atoms with Gasteiger partial charge in [0.15, 0.2) is 11.5 Å². The summed E-state index contributed by atoms with van der Waals surface area (Å²) in [6.07, 6.45) is 7.45. The van der Waals surface area contributed by atoms with E-state index >= 15 is 0 Å². The number of carbonyl (C=O) groups excluding carboxylic acids is 1. The van der Waals surface area contributed by atoms with Crippen LogP contribution in [0.3, 0.4) is 0 Å². The van der Waals surface area contributed by atoms with E-state index in [4.69, 9.17) is 21.1 Å². The molecule has 0 bridgehead atoms. The van der Waals surface area contributed by atoms with E-state index in [1.54, 1.807) is 7.11 Å². The molecule has 0 spiro atoms. The van der Waals surface area contributed by atoms with Gasteiger partial charge in [0, 0.05) is 23.1 Å². The first-order valence-electron chi connectivity index (χ1n) is 10.2. The van der Waals surface area contributed by atoms with Gasteiger partial charge in [-0.25, -0.2) is 0 Å². The predicted octanol–water partition coefficient (Wildman–Crippen LogP) is 5.36. The minimum atomic E-state index is -0.0305. The molecule has 1 amide bonds. The molecule has 0 radical (unpaired) electrons. The fourth-order valence-corrected chi connectivity index (χ4v) is 4.32. The number of carbonyl (C=O) groups is 1. The first-order valence-corrected chi connectivity index (χ1v) is 10.6. The number of amides is 1. The molecule has 1 saturated heterocycles. The third kappa shape index (κ3) is 4.59. The molecule has 4 nitrogen and oxygen atoms in total. The number of methoxy groups -OCH3 is 1. The lowest BCUT2D eigenvalue weighted by molar-refractivity contribution is -0.118. The van der Waals surface area contributed by atoms with Crippen LogP contribution in [-0.2, 0) is 4.79 Å². The molecule has 2 aromatic carbocycles. The molecule has 152 valence electrons. The largest absolute Gasteiger partial charge is 0.493 e. The number of nitrogens with one attached hydrogen (secondary N) is 1. The van der Waals surface area contributed by atoms with Crippen LogP contribution in [0.2, 0.25) is 5.02 Å². The number of piperidine rings is 1. The van der Waals surface area contributed by atoms with Crippen molar-refractivity contribution in [2.24, 2.45) is 0 Å². The van der Waals surface area contributed by atoms with E-state index < -0.39 is 0 Å². The fraction of sp³-hybridized carbons (Fsp3) is 0.375. The number of rotatable bonds is 5. The summed E-state index contributed by atoms with van der Waals surface area (Å²) in [6.45, 7) is 0.605. The van der Waals surface area contributed by atoms with Gasteiger partial charge < -0.3 is 14.8 Å². The molecule has 2 aliphatic rings. The minimum Gasteiger partial charge on any atom is -0.493 e. The summed E-state index contributed by atoms with van der Waals surface area (Å²) in [6, 6.07) is 13.7. The van der Waals surface area contributed by atoms with Crippen LogP contribution in [-0.4, -0.2) is 25.7 Å². The average Bonchev–Trinajstić information content (AvgIpc) is 3.24. The molecule has 2 fully saturated rings. The first kappa shape index (κ1) is 19.8. The van der Waals surface area contributed by atoms with Gasteiger partial charge >= 0.3 is 0 Å². The van der Waals surface area contributed by atoms with Gasteiger partial charge in [-0.05, 0) is 67.5 Å². The highest BCUT2D eigenvalue weighted by Crippen LogP contribution is 2.37. The van der Waals surface area contributed by atoms with E-state index in [1.165, 1.54) is 12.8 Å². The van der Waals surface area contributed by atoms with Gasteiger partial charge in [0.1, 0.15) is 0 Å². The Hall–Kier alpha value is -2.46. The molecule has 0 aromatic heterocycles. The van der Waals surface area contributed by atoms with E-state index in [0.29, 0.717) is 18.0 Å². The topological polar surface area (TPSA) is 47.6 Å². The van der Waals surface area contributed by atoms with Crippen LogP contribution in [0.4, 0.5) is 0 Å². The maximum absolute atomic E-state index is 12.4. The van der Waals surface area contributed by atoms with Crippen molar-refractivity contribution in [1.82, 2.24) is 5.32 Å². The van der Waals surface area contributed by atoms with E-state index in [-0.39, 0.29) is 17.9 Å². The van der Waals surface area contributed by atoms with Crippen LogP contribution in [0.15, 0.2) is 48.0 Å². The molecule has 29 heavy (non-hydrogen) atoms. The Bertz CT molecular complexity index is 918. The molecule has 1 aliphatic carbocycles. The molecule has 4 rings (SSSR count). The highest BCUT2D eigenvalue weighted by molar-refractivity contribution is 6.32. The van der Waals surface area contributed by atoms with E-state index in [0.717, 1.165) is 41.0 Å². The number of hydrogen-bond donors (Lipinski definition) is 1. The monoisotopic (exact) mass is 411 g/mol. The zero-order valence-corrected chi connectivity index (χ0v) is 17.4. The first-order chi connectivity index (χ1) is 14.1. The van der Waals surface area contributed by atoms with E-state index in [1.807, 2.05) is 36.4 Å². The van der Waals surface area contributed by atoms with Crippen LogP contribution >= 0.6 is 11.6 Å². The van der Waals surface area contributed by atoms with Crippen LogP contribution < -0.4 is 14.8 Å². The van der Waals surface area contributed by atoms with Gasteiger partial charge in [0.2, 0.25) is 5.91 Å². The lowest BCUT2D eigenvalue weighted by Gasteiger charge is -2.26. The van der Waals surface area contributed by atoms with E-state index in [2.05, 4.69) is 17.4 Å². The van der Waals surface area contributed by atoms with Crippen LogP contribution in [0.1, 0.15) is 49.1 Å². The summed E-state index contributed by atoms with van der Waals surface area (Å²) in [4.78, 5) is 12.4. The maximum Gasteiger partial charge on any atom is 0.247 e. The zero-order chi connectivity index (χ0) is 20.2. The van der Waals surface area contributed by atoms with Gasteiger partial charge in [0.25, 0.3) is 0 Å². The summed E-state index contributed by atoms with van der Waals surface area (Å²) in [5, 5.41) is 3.66. The Morgan fingerprint density at radius 1 is 1.10 bits per heavy atom. The smallest absolute Gasteiger partial charge is 0.247 e. The van der Waals surface area contributed by atoms with Crippen molar-refractivity contribution in [3.63, 3.8) is 0 Å². The number of hydrogen-bond acceptors (Lipinski definition) is 3. The fourth-order valence-electron chi connectivity index (χ4n) is 4.12. The number of halogens is 1. The Labute approximate surface area is 176 Å². The molecule has 0 unspecified atom stereocenters. The van der Waals surface area contributed by atoms with Crippen molar-refractivity contribution in [3.8, 4) is 11.5 Å². The Kier molecular flexibility index (Phi) is 6.10. The molecule has 1 aliphatic heterocycles. The minimum absolute atomic E-state index is 0.0305. The lowest BCUT2D eigenvalue weighted by Crippen LogP contribution is -2.35. The van der Waals surface area contributed by atoms with Crippen LogP contribution in [0.5, 0.6) is 11.5 Å². The van der Waals surface area contributed by atoms with Gasteiger partial charge in [-0.2, -0.15) is 0 Å². The Morgan fingerprint density at radius 2 is 1.90 bits per heavy atom. The summed E-state index contributed by atoms with van der Waals surface area (Å²) in [5.41, 5.74) is 2.74. The third-order valence-electron chi connectivity index (χ3n) is 5.76. The highest BCUT2D eigenvalue weighted by Gasteiger charge is 2.26. The summed E-state index contributed by atoms with van der Waals surface area (Å²) in [7, 11) is 1.67. The van der Waals surface area contributed by atoms with Crippen LogP contribution in [0, 0.1) is 0 Å². The second-order valence-corrected chi connectivity index (χ2v) is 8.14. The molecule has 1 heterocycles. The second-order valence-electron chi connectivity index (χ2n) is 7.74. The van der Waals surface area contributed by atoms with Gasteiger partial charge in [-0.1, -0.05) is 35.9 Å². The summed E-state index contributed by atoms with van der Waals surface area (Å²) in [5.74, 6) is 1.70. The molecule has 1 N–H and O–H groups in total. The van der Waals surface area contributed by atoms with Gasteiger partial charge in [-0.15, -0.1) is 0 Å². The molecule has 2 aromatic rings. The summed E-state index contributed by atoms with van der Waals surface area (Å²) >= 11 is 6.27. The van der Waals surface area contributed by atoms with Crippen LogP contribution in [0.25, 0.3) is 6.08 Å². The molecular formula is C24H26ClNO3. The normalized spacial score (nSPS) is 21.2. The lowest BCUT2D eigenvalue weighted by atomic mass is 9.87. The quantitative estimate of drug-likeness (QED) is 0.674. The predicted molar refractivity (Wildman–Crippen MR) is 116 cm³/mol. The molecular weight excluding hydrogens is 386 g/mol. The van der Waals surface area contributed by atoms with E-state index in [9.17, 15) is 4.79 Å². The summed E-state index contributed by atoms with van der Waals surface area (Å²) < 4.78 is 11.8. The van der Waals surface area contributed by atoms with Crippen molar-refractivity contribution < 1.29 is 14.3 Å². The molecule has 1 saturated carbocycles. The molecule has 5 heteroatoms. The van der Waals surface area contributed by atoms with Crippen molar-refractivity contribution in [3.05, 3.63) is 64.2 Å². The van der Waals surface area contributed by atoms with Crippen molar-refractivity contribution in [1.29, 1.82) is 0 Å². The highest BCUT2D eigenvalue weighted by atomic mass is 35.5. The van der Waals surface area contributed by atoms with Crippen molar-refractivity contribution in [2.75, 3.05) is 13.7 Å². The third-order valence-corrected chi connectivity index (χ3v) is 6.10. The van der Waals surface area contributed by atoms with Gasteiger partial charge in [0.05, 0.1) is 13.2 Å². The SMILES string of the molecule is COc1ccc([C@H]2CNC(=O)C(=Cc3ccccc3Cl)C2)cc1OC1CCCC1. The van der Waals surface area contributed by atoms with Gasteiger partial charge in [-0.3, -0.25) is 4.79 Å². The second kappa shape index (κ2) is 8.91. The zero-order valence-electron chi connectivity index (χ0n) is 16.6. The maximum atomic E-state index is 12.4. The Balaban J connectivity index is 1.57. The number of ether oxygens (including phenoxy) is 2. The van der Waals surface area contributed by atoms with Crippen molar-refractivity contribution in [2.45, 2.75) is 44.1 Å². The standard InChI is InChI=1S/C24H26ClNO3/c1-28-22-11-10-16(14-23(22)29-20-7-3-4-8-20)19-13-18(24(27)26-15-19)12-17-6-2-5-9-21(17)25/h2,5-6,9-12,14,19-20H,3-4,7-8,13,15H2,1H3,(H,26,27)/t19-/m1/s1. The average molecular weight is 412 g/mol.